The third kappa shape index (κ3) is 2.38. The Labute approximate surface area is 124 Å². The lowest BCUT2D eigenvalue weighted by Gasteiger charge is -2.15. The van der Waals surface area contributed by atoms with Crippen molar-refractivity contribution in [1.29, 1.82) is 0 Å². The van der Waals surface area contributed by atoms with Crippen LogP contribution in [0.5, 0.6) is 0 Å². The fourth-order valence-corrected chi connectivity index (χ4v) is 2.48. The number of aromatic nitrogens is 2. The molecule has 2 heterocycles. The number of Topliss-reactive ketones (excluding diaryl/α,β-unsaturated/α-hetero) is 1. The van der Waals surface area contributed by atoms with Crippen LogP contribution in [0.4, 0.5) is 10.1 Å². The van der Waals surface area contributed by atoms with Gasteiger partial charge in [-0.2, -0.15) is 0 Å². The van der Waals surface area contributed by atoms with E-state index >= 15 is 0 Å². The molecule has 3 rings (SSSR count). The van der Waals surface area contributed by atoms with Gasteiger partial charge in [0.05, 0.1) is 17.8 Å². The summed E-state index contributed by atoms with van der Waals surface area (Å²) in [5, 5.41) is 0.245. The molecular weight excluding hydrogens is 297 g/mol. The number of amides is 1. The number of halogens is 2. The Kier molecular flexibility index (Phi) is 3.17. The average Bonchev–Trinajstić information content (AvgIpc) is 2.62. The van der Waals surface area contributed by atoms with Crippen LogP contribution in [0.2, 0.25) is 5.15 Å². The van der Waals surface area contributed by atoms with Crippen molar-refractivity contribution in [3.63, 3.8) is 0 Å². The van der Waals surface area contributed by atoms with E-state index in [2.05, 4.69) is 9.97 Å². The maximum atomic E-state index is 13.4. The number of nitrogens with zero attached hydrogens (tertiary/aromatic N) is 3. The zero-order valence-electron chi connectivity index (χ0n) is 10.9. The first-order valence-electron chi connectivity index (χ1n) is 6.11. The molecule has 21 heavy (non-hydrogen) atoms. The standard InChI is InChI=1S/C14H9ClFN3O2/c1-7-4-11(15)18-12(17-7)6-19-10-5-8(16)2-3-9(10)13(20)14(19)21/h2-5H,6H2,1H3. The van der Waals surface area contributed by atoms with Crippen LogP contribution in [0.15, 0.2) is 24.3 Å². The van der Waals surface area contributed by atoms with Gasteiger partial charge in [0.15, 0.2) is 0 Å². The van der Waals surface area contributed by atoms with Crippen molar-refractivity contribution in [2.75, 3.05) is 4.90 Å². The highest BCUT2D eigenvalue weighted by Gasteiger charge is 2.36. The molecule has 0 saturated heterocycles. The number of ketones is 1. The molecule has 5 nitrogen and oxygen atoms in total. The fourth-order valence-electron chi connectivity index (χ4n) is 2.23. The first kappa shape index (κ1) is 13.6. The maximum absolute atomic E-state index is 13.4. The number of carbonyl (C=O) groups excluding carboxylic acids is 2. The van der Waals surface area contributed by atoms with Gasteiger partial charge in [0.2, 0.25) is 0 Å². The molecule has 106 valence electrons. The quantitative estimate of drug-likeness (QED) is 0.631. The Bertz CT molecular complexity index is 759. The van der Waals surface area contributed by atoms with E-state index in [0.717, 1.165) is 17.0 Å². The minimum absolute atomic E-state index is 0.0393. The van der Waals surface area contributed by atoms with E-state index in [9.17, 15) is 14.0 Å². The molecule has 1 aliphatic heterocycles. The third-order valence-corrected chi connectivity index (χ3v) is 3.30. The summed E-state index contributed by atoms with van der Waals surface area (Å²) in [6, 6.07) is 5.17. The molecule has 0 fully saturated rings. The second-order valence-electron chi connectivity index (χ2n) is 4.63. The zero-order chi connectivity index (χ0) is 15.1. The Balaban J connectivity index is 2.01. The van der Waals surface area contributed by atoms with Crippen LogP contribution >= 0.6 is 11.6 Å². The summed E-state index contributed by atoms with van der Waals surface area (Å²) in [5.41, 5.74) is 1.05. The molecule has 1 amide bonds. The van der Waals surface area contributed by atoms with Crippen LogP contribution in [0, 0.1) is 12.7 Å². The van der Waals surface area contributed by atoms with Crippen molar-refractivity contribution >= 4 is 29.0 Å². The number of rotatable bonds is 2. The molecule has 2 aromatic rings. The van der Waals surface area contributed by atoms with Gasteiger partial charge in [-0.25, -0.2) is 14.4 Å². The lowest BCUT2D eigenvalue weighted by molar-refractivity contribution is -0.114. The Morgan fingerprint density at radius 3 is 2.71 bits per heavy atom. The van der Waals surface area contributed by atoms with Gasteiger partial charge in [-0.05, 0) is 31.2 Å². The molecule has 7 heteroatoms. The number of hydrogen-bond donors (Lipinski definition) is 0. The predicted molar refractivity (Wildman–Crippen MR) is 73.7 cm³/mol. The fraction of sp³-hybridized carbons (Fsp3) is 0.143. The van der Waals surface area contributed by atoms with Gasteiger partial charge in [-0.15, -0.1) is 0 Å². The molecule has 0 spiro atoms. The predicted octanol–water partition coefficient (Wildman–Crippen LogP) is 2.31. The average molecular weight is 306 g/mol. The van der Waals surface area contributed by atoms with E-state index in [1.807, 2.05) is 0 Å². The Morgan fingerprint density at radius 2 is 2.00 bits per heavy atom. The zero-order valence-corrected chi connectivity index (χ0v) is 11.7. The van der Waals surface area contributed by atoms with Crippen LogP contribution in [-0.2, 0) is 11.3 Å². The van der Waals surface area contributed by atoms with E-state index < -0.39 is 17.5 Å². The van der Waals surface area contributed by atoms with E-state index in [1.54, 1.807) is 13.0 Å². The molecule has 0 aliphatic carbocycles. The van der Waals surface area contributed by atoms with Crippen LogP contribution in [0.25, 0.3) is 0 Å². The van der Waals surface area contributed by atoms with Gasteiger partial charge in [0, 0.05) is 5.69 Å². The number of hydrogen-bond acceptors (Lipinski definition) is 4. The number of aryl methyl sites for hydroxylation is 1. The molecule has 0 bridgehead atoms. The minimum atomic E-state index is -0.725. The van der Waals surface area contributed by atoms with Gasteiger partial charge >= 0.3 is 0 Å². The van der Waals surface area contributed by atoms with Crippen LogP contribution < -0.4 is 4.90 Å². The highest BCUT2D eigenvalue weighted by atomic mass is 35.5. The Hall–Kier alpha value is -2.34. The number of fused-ring (bicyclic) bond motifs is 1. The summed E-state index contributed by atoms with van der Waals surface area (Å²) in [6.07, 6.45) is 0. The monoisotopic (exact) mass is 305 g/mol. The van der Waals surface area contributed by atoms with Gasteiger partial charge < -0.3 is 0 Å². The topological polar surface area (TPSA) is 63.2 Å². The van der Waals surface area contributed by atoms with Gasteiger partial charge in [0.25, 0.3) is 11.7 Å². The summed E-state index contributed by atoms with van der Waals surface area (Å²) in [7, 11) is 0. The van der Waals surface area contributed by atoms with E-state index in [4.69, 9.17) is 11.6 Å². The Morgan fingerprint density at radius 1 is 1.24 bits per heavy atom. The molecule has 0 atom stereocenters. The van der Waals surface area contributed by atoms with Crippen molar-refractivity contribution in [2.45, 2.75) is 13.5 Å². The lowest BCUT2D eigenvalue weighted by Crippen LogP contribution is -2.30. The van der Waals surface area contributed by atoms with Gasteiger partial charge in [0.1, 0.15) is 16.8 Å². The second-order valence-corrected chi connectivity index (χ2v) is 5.02. The molecule has 1 aromatic carbocycles. The van der Waals surface area contributed by atoms with Crippen molar-refractivity contribution in [3.05, 3.63) is 52.3 Å². The molecule has 0 radical (unpaired) electrons. The summed E-state index contributed by atoms with van der Waals surface area (Å²) < 4.78 is 13.4. The maximum Gasteiger partial charge on any atom is 0.299 e. The van der Waals surface area contributed by atoms with E-state index in [1.165, 1.54) is 6.07 Å². The first-order chi connectivity index (χ1) is 9.95. The SMILES string of the molecule is Cc1cc(Cl)nc(CN2C(=O)C(=O)c3ccc(F)cc32)n1. The number of carbonyl (C=O) groups is 2. The van der Waals surface area contributed by atoms with Crippen molar-refractivity contribution in [3.8, 4) is 0 Å². The molecular formula is C14H9ClFN3O2. The van der Waals surface area contributed by atoms with E-state index in [0.29, 0.717) is 11.5 Å². The van der Waals surface area contributed by atoms with Crippen LogP contribution in [0.3, 0.4) is 0 Å². The van der Waals surface area contributed by atoms with Crippen molar-refractivity contribution < 1.29 is 14.0 Å². The number of anilines is 1. The van der Waals surface area contributed by atoms with Gasteiger partial charge in [-0.3, -0.25) is 14.5 Å². The first-order valence-corrected chi connectivity index (χ1v) is 6.49. The smallest absolute Gasteiger partial charge is 0.297 e. The molecule has 1 aromatic heterocycles. The van der Waals surface area contributed by atoms with Gasteiger partial charge in [-0.1, -0.05) is 11.6 Å². The largest absolute Gasteiger partial charge is 0.299 e. The lowest BCUT2D eigenvalue weighted by atomic mass is 10.1. The highest BCUT2D eigenvalue weighted by molar-refractivity contribution is 6.52. The molecule has 0 saturated carbocycles. The normalized spacial score (nSPS) is 13.8. The summed E-state index contributed by atoms with van der Waals surface area (Å²) >= 11 is 5.84. The third-order valence-electron chi connectivity index (χ3n) is 3.10. The molecule has 1 aliphatic rings. The van der Waals surface area contributed by atoms with Crippen LogP contribution in [-0.4, -0.2) is 21.7 Å². The van der Waals surface area contributed by atoms with Crippen molar-refractivity contribution in [1.82, 2.24) is 9.97 Å². The summed E-state index contributed by atoms with van der Waals surface area (Å²) in [5.74, 6) is -1.62. The minimum Gasteiger partial charge on any atom is -0.297 e. The molecule has 0 N–H and O–H groups in total. The van der Waals surface area contributed by atoms with E-state index in [-0.39, 0.29) is 22.9 Å². The molecule has 0 unspecified atom stereocenters. The number of benzene rings is 1. The van der Waals surface area contributed by atoms with Crippen molar-refractivity contribution in [2.24, 2.45) is 0 Å². The van der Waals surface area contributed by atoms with Crippen LogP contribution in [0.1, 0.15) is 21.9 Å². The summed E-state index contributed by atoms with van der Waals surface area (Å²) in [4.78, 5) is 33.2. The summed E-state index contributed by atoms with van der Waals surface area (Å²) in [6.45, 7) is 1.70. The second kappa shape index (κ2) is 4.89. The highest BCUT2D eigenvalue weighted by Crippen LogP contribution is 2.30.